The third kappa shape index (κ3) is 3.85. The Labute approximate surface area is 135 Å². The van der Waals surface area contributed by atoms with Gasteiger partial charge in [0.15, 0.2) is 0 Å². The molecule has 0 radical (unpaired) electrons. The Balaban J connectivity index is 2.04. The summed E-state index contributed by atoms with van der Waals surface area (Å²) in [6, 6.07) is 0. The topological polar surface area (TPSA) is 61.0 Å². The molecular formula is C14H23ClN6O. The van der Waals surface area contributed by atoms with E-state index in [1.54, 1.807) is 18.1 Å². The van der Waals surface area contributed by atoms with Gasteiger partial charge in [-0.25, -0.2) is 0 Å². The van der Waals surface area contributed by atoms with Crippen molar-refractivity contribution in [3.63, 3.8) is 0 Å². The van der Waals surface area contributed by atoms with Gasteiger partial charge in [0.2, 0.25) is 0 Å². The molecular weight excluding hydrogens is 304 g/mol. The first-order valence-electron chi connectivity index (χ1n) is 7.31. The summed E-state index contributed by atoms with van der Waals surface area (Å²) in [5.74, 6) is 0.914. The van der Waals surface area contributed by atoms with Crippen molar-refractivity contribution in [1.29, 1.82) is 0 Å². The minimum atomic E-state index is 0.642. The van der Waals surface area contributed by atoms with Crippen molar-refractivity contribution < 1.29 is 4.74 Å². The van der Waals surface area contributed by atoms with Crippen molar-refractivity contribution in [3.8, 4) is 0 Å². The van der Waals surface area contributed by atoms with Crippen LogP contribution in [0.1, 0.15) is 24.0 Å². The summed E-state index contributed by atoms with van der Waals surface area (Å²) in [5.41, 5.74) is 2.12. The average molecular weight is 327 g/mol. The smallest absolute Gasteiger partial charge is 0.147 e. The largest absolute Gasteiger partial charge is 0.383 e. The highest BCUT2D eigenvalue weighted by Crippen LogP contribution is 2.21. The van der Waals surface area contributed by atoms with Crippen molar-refractivity contribution in [3.05, 3.63) is 28.6 Å². The van der Waals surface area contributed by atoms with E-state index in [0.29, 0.717) is 18.3 Å². The van der Waals surface area contributed by atoms with E-state index in [2.05, 4.69) is 27.1 Å². The Morgan fingerprint density at radius 2 is 2.14 bits per heavy atom. The molecule has 22 heavy (non-hydrogen) atoms. The monoisotopic (exact) mass is 326 g/mol. The average Bonchev–Trinajstić information content (AvgIpc) is 3.04. The second-order valence-electron chi connectivity index (χ2n) is 5.30. The Morgan fingerprint density at radius 1 is 1.36 bits per heavy atom. The highest BCUT2D eigenvalue weighted by Gasteiger charge is 2.16. The van der Waals surface area contributed by atoms with Gasteiger partial charge in [-0.3, -0.25) is 9.58 Å². The second kappa shape index (κ2) is 7.71. The van der Waals surface area contributed by atoms with Crippen molar-refractivity contribution in [2.45, 2.75) is 33.0 Å². The Morgan fingerprint density at radius 3 is 2.82 bits per heavy atom. The molecule has 7 nitrogen and oxygen atoms in total. The zero-order chi connectivity index (χ0) is 16.1. The predicted octanol–water partition coefficient (Wildman–Crippen LogP) is 1.51. The molecule has 0 atom stereocenters. The number of hydrogen-bond acceptors (Lipinski definition) is 5. The van der Waals surface area contributed by atoms with E-state index < -0.39 is 0 Å². The number of aryl methyl sites for hydroxylation is 2. The molecule has 0 unspecified atom stereocenters. The number of nitrogens with zero attached hydrogens (tertiary/aromatic N) is 6. The molecule has 0 spiro atoms. The fourth-order valence-electron chi connectivity index (χ4n) is 2.39. The van der Waals surface area contributed by atoms with Gasteiger partial charge in [0.05, 0.1) is 18.8 Å². The molecule has 2 aromatic rings. The number of hydrogen-bond donors (Lipinski definition) is 0. The third-order valence-corrected chi connectivity index (χ3v) is 4.03. The first kappa shape index (κ1) is 16.9. The van der Waals surface area contributed by atoms with Crippen LogP contribution in [0.15, 0.2) is 6.33 Å². The molecule has 0 N–H and O–H groups in total. The van der Waals surface area contributed by atoms with Gasteiger partial charge in [-0.2, -0.15) is 5.10 Å². The minimum Gasteiger partial charge on any atom is -0.383 e. The van der Waals surface area contributed by atoms with Crippen LogP contribution in [0.2, 0.25) is 5.15 Å². The van der Waals surface area contributed by atoms with Gasteiger partial charge in [-0.15, -0.1) is 10.2 Å². The lowest BCUT2D eigenvalue weighted by atomic mass is 10.2. The number of rotatable bonds is 8. The molecule has 0 aliphatic rings. The number of ether oxygens (including phenoxy) is 1. The maximum Gasteiger partial charge on any atom is 0.147 e. The quantitative estimate of drug-likeness (QED) is 0.736. The lowest BCUT2D eigenvalue weighted by Crippen LogP contribution is -2.21. The summed E-state index contributed by atoms with van der Waals surface area (Å²) in [4.78, 5) is 2.16. The first-order chi connectivity index (χ1) is 10.6. The fraction of sp³-hybridized carbons (Fsp3) is 0.643. The molecule has 0 bridgehead atoms. The maximum atomic E-state index is 6.34. The fourth-order valence-corrected chi connectivity index (χ4v) is 2.59. The Kier molecular flexibility index (Phi) is 5.93. The van der Waals surface area contributed by atoms with E-state index >= 15 is 0 Å². The van der Waals surface area contributed by atoms with Crippen molar-refractivity contribution in [2.75, 3.05) is 20.8 Å². The van der Waals surface area contributed by atoms with E-state index in [1.807, 2.05) is 18.7 Å². The van der Waals surface area contributed by atoms with E-state index in [-0.39, 0.29) is 0 Å². The summed E-state index contributed by atoms with van der Waals surface area (Å²) in [6.07, 6.45) is 2.60. The van der Waals surface area contributed by atoms with Crippen LogP contribution >= 0.6 is 11.6 Å². The van der Waals surface area contributed by atoms with Crippen molar-refractivity contribution in [2.24, 2.45) is 7.05 Å². The molecule has 0 fully saturated rings. The predicted molar refractivity (Wildman–Crippen MR) is 84.7 cm³/mol. The number of halogens is 1. The van der Waals surface area contributed by atoms with Gasteiger partial charge in [-0.05, 0) is 13.5 Å². The second-order valence-corrected chi connectivity index (χ2v) is 5.66. The van der Waals surface area contributed by atoms with Crippen LogP contribution in [0.5, 0.6) is 0 Å². The lowest BCUT2D eigenvalue weighted by molar-refractivity contribution is 0.184. The van der Waals surface area contributed by atoms with E-state index in [0.717, 1.165) is 36.6 Å². The Hall–Kier alpha value is -1.44. The van der Waals surface area contributed by atoms with Gasteiger partial charge >= 0.3 is 0 Å². The van der Waals surface area contributed by atoms with Crippen LogP contribution in [0.3, 0.4) is 0 Å². The van der Waals surface area contributed by atoms with E-state index in [9.17, 15) is 0 Å². The van der Waals surface area contributed by atoms with Crippen LogP contribution in [-0.2, 0) is 37.8 Å². The van der Waals surface area contributed by atoms with Gasteiger partial charge in [0.1, 0.15) is 17.3 Å². The molecule has 0 aliphatic carbocycles. The first-order valence-corrected chi connectivity index (χ1v) is 7.69. The third-order valence-electron chi connectivity index (χ3n) is 3.56. The molecule has 0 aromatic carbocycles. The maximum absolute atomic E-state index is 6.34. The summed E-state index contributed by atoms with van der Waals surface area (Å²) < 4.78 is 8.83. The van der Waals surface area contributed by atoms with Crippen molar-refractivity contribution in [1.82, 2.24) is 29.4 Å². The highest BCUT2D eigenvalue weighted by atomic mass is 35.5. The van der Waals surface area contributed by atoms with E-state index in [4.69, 9.17) is 16.3 Å². The van der Waals surface area contributed by atoms with Gasteiger partial charge in [0.25, 0.3) is 0 Å². The molecule has 2 rings (SSSR count). The highest BCUT2D eigenvalue weighted by molar-refractivity contribution is 6.30. The zero-order valence-electron chi connectivity index (χ0n) is 13.6. The molecule has 122 valence electrons. The lowest BCUT2D eigenvalue weighted by Gasteiger charge is -2.17. The molecule has 0 aliphatic heterocycles. The number of aromatic nitrogens is 5. The van der Waals surface area contributed by atoms with Crippen LogP contribution in [0.4, 0.5) is 0 Å². The van der Waals surface area contributed by atoms with Gasteiger partial charge in [-0.1, -0.05) is 18.5 Å². The van der Waals surface area contributed by atoms with Crippen LogP contribution in [-0.4, -0.2) is 50.2 Å². The molecule has 0 saturated carbocycles. The molecule has 2 heterocycles. The Bertz CT molecular complexity index is 608. The standard InChI is InChI=1S/C14H23ClN6O/c1-5-12-11(14(15)20(3)18-12)8-19(2)9-13-17-16-10-21(13)6-7-22-4/h10H,5-9H2,1-4H3. The molecule has 2 aromatic heterocycles. The minimum absolute atomic E-state index is 0.642. The molecule has 0 saturated heterocycles. The van der Waals surface area contributed by atoms with Gasteiger partial charge in [0, 0.05) is 32.8 Å². The summed E-state index contributed by atoms with van der Waals surface area (Å²) in [6.45, 7) is 4.90. The van der Waals surface area contributed by atoms with Crippen LogP contribution in [0, 0.1) is 0 Å². The number of methoxy groups -OCH3 is 1. The summed E-state index contributed by atoms with van der Waals surface area (Å²) in [7, 11) is 5.59. The van der Waals surface area contributed by atoms with Gasteiger partial charge < -0.3 is 9.30 Å². The summed E-state index contributed by atoms with van der Waals surface area (Å²) in [5, 5.41) is 13.3. The SMILES string of the molecule is CCc1nn(C)c(Cl)c1CN(C)Cc1nncn1CCOC. The normalized spacial score (nSPS) is 11.5. The van der Waals surface area contributed by atoms with E-state index in [1.165, 1.54) is 0 Å². The van der Waals surface area contributed by atoms with Crippen LogP contribution < -0.4 is 0 Å². The van der Waals surface area contributed by atoms with Crippen molar-refractivity contribution >= 4 is 11.6 Å². The summed E-state index contributed by atoms with van der Waals surface area (Å²) >= 11 is 6.34. The van der Waals surface area contributed by atoms with Crippen LogP contribution in [0.25, 0.3) is 0 Å². The molecule has 8 heteroatoms. The molecule has 0 amide bonds. The zero-order valence-corrected chi connectivity index (χ0v) is 14.3.